The molecule has 3 rings (SSSR count). The summed E-state index contributed by atoms with van der Waals surface area (Å²) >= 11 is 0. The average Bonchev–Trinajstić information content (AvgIpc) is 2.87. The van der Waals surface area contributed by atoms with Gasteiger partial charge >= 0.3 is 0 Å². The highest BCUT2D eigenvalue weighted by Gasteiger charge is 2.34. The number of fused-ring (bicyclic) bond motifs is 2. The standard InChI is InChI=1S/C19H29N3O2/c1-22(2)9-10-24-18-7-5-15(6-8-18)21-19(23)13-14-11-16-3-4-17(12-14)20-16/h5-8,14,16-17,20H,3-4,9-13H2,1-2H3,(H,21,23). The highest BCUT2D eigenvalue weighted by Crippen LogP contribution is 2.32. The smallest absolute Gasteiger partial charge is 0.224 e. The van der Waals surface area contributed by atoms with Crippen molar-refractivity contribution in [2.75, 3.05) is 32.6 Å². The Kier molecular flexibility index (Phi) is 5.74. The van der Waals surface area contributed by atoms with Crippen molar-refractivity contribution in [2.24, 2.45) is 5.92 Å². The number of piperidine rings is 1. The molecule has 0 spiro atoms. The Balaban J connectivity index is 1.42. The van der Waals surface area contributed by atoms with E-state index in [-0.39, 0.29) is 5.91 Å². The van der Waals surface area contributed by atoms with Crippen molar-refractivity contribution in [3.05, 3.63) is 24.3 Å². The van der Waals surface area contributed by atoms with E-state index in [9.17, 15) is 4.79 Å². The lowest BCUT2D eigenvalue weighted by molar-refractivity contribution is -0.117. The normalized spacial score (nSPS) is 25.7. The molecule has 2 saturated heterocycles. The van der Waals surface area contributed by atoms with Crippen LogP contribution in [0.2, 0.25) is 0 Å². The zero-order valence-electron chi connectivity index (χ0n) is 14.8. The summed E-state index contributed by atoms with van der Waals surface area (Å²) in [6, 6.07) is 8.93. The lowest BCUT2D eigenvalue weighted by atomic mass is 9.89. The van der Waals surface area contributed by atoms with Gasteiger partial charge in [0.1, 0.15) is 12.4 Å². The molecule has 1 amide bonds. The predicted octanol–water partition coefficient (Wildman–Crippen LogP) is 2.49. The molecular weight excluding hydrogens is 302 g/mol. The number of likely N-dealkylation sites (N-methyl/N-ethyl adjacent to an activating group) is 1. The number of nitrogens with one attached hydrogen (secondary N) is 2. The number of anilines is 1. The maximum Gasteiger partial charge on any atom is 0.224 e. The number of hydrogen-bond acceptors (Lipinski definition) is 4. The number of carbonyl (C=O) groups is 1. The van der Waals surface area contributed by atoms with E-state index in [0.717, 1.165) is 30.8 Å². The number of hydrogen-bond donors (Lipinski definition) is 2. The molecule has 2 heterocycles. The van der Waals surface area contributed by atoms with Crippen LogP contribution in [0.5, 0.6) is 5.75 Å². The molecule has 2 N–H and O–H groups in total. The van der Waals surface area contributed by atoms with Crippen LogP contribution in [-0.2, 0) is 4.79 Å². The molecule has 0 radical (unpaired) electrons. The Labute approximate surface area is 144 Å². The SMILES string of the molecule is CN(C)CCOc1ccc(NC(=O)CC2CC3CCC(C2)N3)cc1. The molecule has 2 unspecified atom stereocenters. The van der Waals surface area contributed by atoms with Crippen molar-refractivity contribution in [2.45, 2.75) is 44.2 Å². The van der Waals surface area contributed by atoms with Gasteiger partial charge in [0, 0.05) is 30.7 Å². The van der Waals surface area contributed by atoms with E-state index in [4.69, 9.17) is 4.74 Å². The van der Waals surface area contributed by atoms with Gasteiger partial charge in [-0.3, -0.25) is 4.79 Å². The van der Waals surface area contributed by atoms with Gasteiger partial charge in [0.05, 0.1) is 0 Å². The first kappa shape index (κ1) is 17.2. The fraction of sp³-hybridized carbons (Fsp3) is 0.632. The zero-order chi connectivity index (χ0) is 16.9. The highest BCUT2D eigenvalue weighted by atomic mass is 16.5. The maximum absolute atomic E-state index is 12.3. The first-order valence-electron chi connectivity index (χ1n) is 9.02. The van der Waals surface area contributed by atoms with Gasteiger partial charge in [-0.25, -0.2) is 0 Å². The molecule has 5 heteroatoms. The molecule has 0 saturated carbocycles. The number of benzene rings is 1. The quantitative estimate of drug-likeness (QED) is 0.806. The monoisotopic (exact) mass is 331 g/mol. The van der Waals surface area contributed by atoms with E-state index in [0.29, 0.717) is 31.0 Å². The van der Waals surface area contributed by atoms with Crippen LogP contribution >= 0.6 is 0 Å². The number of ether oxygens (including phenoxy) is 1. The van der Waals surface area contributed by atoms with Gasteiger partial charge in [-0.2, -0.15) is 0 Å². The van der Waals surface area contributed by atoms with Gasteiger partial charge in [0.25, 0.3) is 0 Å². The minimum absolute atomic E-state index is 0.127. The van der Waals surface area contributed by atoms with Gasteiger partial charge in [0.2, 0.25) is 5.91 Å². The van der Waals surface area contributed by atoms with Gasteiger partial charge in [-0.15, -0.1) is 0 Å². The van der Waals surface area contributed by atoms with Crippen LogP contribution in [0.1, 0.15) is 32.1 Å². The fourth-order valence-electron chi connectivity index (χ4n) is 3.80. The Morgan fingerprint density at radius 1 is 1.21 bits per heavy atom. The number of nitrogens with zero attached hydrogens (tertiary/aromatic N) is 1. The number of carbonyl (C=O) groups excluding carboxylic acids is 1. The van der Waals surface area contributed by atoms with E-state index in [1.54, 1.807) is 0 Å². The lowest BCUT2D eigenvalue weighted by Gasteiger charge is -2.28. The van der Waals surface area contributed by atoms with Crippen LogP contribution in [0, 0.1) is 5.92 Å². The summed E-state index contributed by atoms with van der Waals surface area (Å²) in [7, 11) is 4.05. The second-order valence-electron chi connectivity index (χ2n) is 7.40. The predicted molar refractivity (Wildman–Crippen MR) is 96.4 cm³/mol. The number of amides is 1. The summed E-state index contributed by atoms with van der Waals surface area (Å²) in [5.41, 5.74) is 0.844. The summed E-state index contributed by atoms with van der Waals surface area (Å²) in [4.78, 5) is 14.4. The van der Waals surface area contributed by atoms with Crippen LogP contribution in [-0.4, -0.2) is 50.1 Å². The van der Waals surface area contributed by atoms with Crippen LogP contribution < -0.4 is 15.4 Å². The van der Waals surface area contributed by atoms with E-state index >= 15 is 0 Å². The summed E-state index contributed by atoms with van der Waals surface area (Å²) in [5.74, 6) is 1.49. The van der Waals surface area contributed by atoms with E-state index in [2.05, 4.69) is 15.5 Å². The zero-order valence-corrected chi connectivity index (χ0v) is 14.8. The van der Waals surface area contributed by atoms with Gasteiger partial charge in [-0.1, -0.05) is 0 Å². The molecule has 1 aromatic carbocycles. The second-order valence-corrected chi connectivity index (χ2v) is 7.40. The number of rotatable bonds is 7. The molecule has 2 aliphatic rings. The van der Waals surface area contributed by atoms with Gasteiger partial charge in [0.15, 0.2) is 0 Å². The lowest BCUT2D eigenvalue weighted by Crippen LogP contribution is -2.39. The van der Waals surface area contributed by atoms with Gasteiger partial charge in [-0.05, 0) is 70.0 Å². The molecule has 0 aromatic heterocycles. The van der Waals surface area contributed by atoms with Crippen molar-refractivity contribution in [1.29, 1.82) is 0 Å². The first-order chi connectivity index (χ1) is 11.6. The molecule has 2 bridgehead atoms. The Morgan fingerprint density at radius 2 is 1.88 bits per heavy atom. The van der Waals surface area contributed by atoms with Crippen molar-refractivity contribution < 1.29 is 9.53 Å². The molecule has 2 aliphatic heterocycles. The van der Waals surface area contributed by atoms with Crippen LogP contribution in [0.3, 0.4) is 0 Å². The van der Waals surface area contributed by atoms with Crippen LogP contribution in [0.15, 0.2) is 24.3 Å². The molecular formula is C19H29N3O2. The molecule has 2 fully saturated rings. The van der Waals surface area contributed by atoms with Crippen molar-refractivity contribution in [3.8, 4) is 5.75 Å². The Hall–Kier alpha value is -1.59. The summed E-state index contributed by atoms with van der Waals surface area (Å²) in [5, 5.41) is 6.64. The Morgan fingerprint density at radius 3 is 2.50 bits per heavy atom. The third-order valence-electron chi connectivity index (χ3n) is 4.99. The maximum atomic E-state index is 12.3. The first-order valence-corrected chi connectivity index (χ1v) is 9.02. The fourth-order valence-corrected chi connectivity index (χ4v) is 3.80. The molecule has 132 valence electrons. The molecule has 24 heavy (non-hydrogen) atoms. The summed E-state index contributed by atoms with van der Waals surface area (Å²) in [6.07, 6.45) is 5.47. The highest BCUT2D eigenvalue weighted by molar-refractivity contribution is 5.90. The topological polar surface area (TPSA) is 53.6 Å². The summed E-state index contributed by atoms with van der Waals surface area (Å²) in [6.45, 7) is 1.55. The summed E-state index contributed by atoms with van der Waals surface area (Å²) < 4.78 is 5.67. The van der Waals surface area contributed by atoms with E-state index in [1.165, 1.54) is 12.8 Å². The molecule has 0 aliphatic carbocycles. The van der Waals surface area contributed by atoms with Crippen molar-refractivity contribution in [3.63, 3.8) is 0 Å². The third kappa shape index (κ3) is 4.95. The minimum Gasteiger partial charge on any atom is -0.492 e. The average molecular weight is 331 g/mol. The second kappa shape index (κ2) is 7.99. The third-order valence-corrected chi connectivity index (χ3v) is 4.99. The van der Waals surface area contributed by atoms with E-state index in [1.807, 2.05) is 38.4 Å². The van der Waals surface area contributed by atoms with Crippen molar-refractivity contribution in [1.82, 2.24) is 10.2 Å². The van der Waals surface area contributed by atoms with Crippen LogP contribution in [0.25, 0.3) is 0 Å². The van der Waals surface area contributed by atoms with Gasteiger partial charge < -0.3 is 20.3 Å². The van der Waals surface area contributed by atoms with E-state index < -0.39 is 0 Å². The molecule has 5 nitrogen and oxygen atoms in total. The van der Waals surface area contributed by atoms with Crippen molar-refractivity contribution >= 4 is 11.6 Å². The molecule has 1 aromatic rings. The largest absolute Gasteiger partial charge is 0.492 e. The Bertz CT molecular complexity index is 532. The van der Waals surface area contributed by atoms with Crippen LogP contribution in [0.4, 0.5) is 5.69 Å². The minimum atomic E-state index is 0.127. The molecule has 2 atom stereocenters.